The van der Waals surface area contributed by atoms with Crippen molar-refractivity contribution < 1.29 is 23.5 Å². The average Bonchev–Trinajstić information content (AvgIpc) is 3.18. The number of nitrogens with one attached hydrogen (secondary N) is 1. The minimum atomic E-state index is -0.416. The van der Waals surface area contributed by atoms with E-state index in [1.54, 1.807) is 48.5 Å². The van der Waals surface area contributed by atoms with E-state index in [9.17, 15) is 9.59 Å². The summed E-state index contributed by atoms with van der Waals surface area (Å²) in [5.41, 5.74) is 2.17. The quantitative estimate of drug-likeness (QED) is 0.322. The predicted molar refractivity (Wildman–Crippen MR) is 128 cm³/mol. The van der Waals surface area contributed by atoms with E-state index in [0.29, 0.717) is 39.7 Å². The Hall–Kier alpha value is -3.77. The SMILES string of the molecule is CCOc1ccc(C(=O)c2oc3ccccc3c2NC(=O)COc2ccc(C)cc2)cc1Cl. The molecule has 0 radical (unpaired) electrons. The molecule has 1 aromatic heterocycles. The lowest BCUT2D eigenvalue weighted by atomic mass is 10.1. The third-order valence-electron chi connectivity index (χ3n) is 4.95. The molecule has 168 valence electrons. The average molecular weight is 464 g/mol. The van der Waals surface area contributed by atoms with Crippen LogP contribution in [0.25, 0.3) is 11.0 Å². The molecule has 1 N–H and O–H groups in total. The second kappa shape index (κ2) is 9.79. The number of halogens is 1. The summed E-state index contributed by atoms with van der Waals surface area (Å²) in [6, 6.07) is 19.2. The third-order valence-corrected chi connectivity index (χ3v) is 5.25. The molecule has 4 aromatic rings. The van der Waals surface area contributed by atoms with E-state index < -0.39 is 11.7 Å². The molecule has 0 saturated heterocycles. The number of hydrogen-bond acceptors (Lipinski definition) is 5. The Bertz CT molecular complexity index is 1310. The van der Waals surface area contributed by atoms with Gasteiger partial charge < -0.3 is 19.2 Å². The fourth-order valence-corrected chi connectivity index (χ4v) is 3.57. The van der Waals surface area contributed by atoms with Gasteiger partial charge in [-0.15, -0.1) is 0 Å². The molecular formula is C26H22ClNO5. The molecular weight excluding hydrogens is 442 g/mol. The van der Waals surface area contributed by atoms with E-state index in [2.05, 4.69) is 5.32 Å². The van der Waals surface area contributed by atoms with Gasteiger partial charge in [-0.3, -0.25) is 9.59 Å². The summed E-state index contributed by atoms with van der Waals surface area (Å²) in [4.78, 5) is 25.9. The normalized spacial score (nSPS) is 10.8. The number of amides is 1. The highest BCUT2D eigenvalue weighted by molar-refractivity contribution is 6.32. The molecule has 7 heteroatoms. The Morgan fingerprint density at radius 1 is 1.00 bits per heavy atom. The van der Waals surface area contributed by atoms with E-state index in [4.69, 9.17) is 25.5 Å². The number of carbonyl (C=O) groups is 2. The Kier molecular flexibility index (Phi) is 6.66. The fourth-order valence-electron chi connectivity index (χ4n) is 3.33. The number of hydrogen-bond donors (Lipinski definition) is 1. The first-order chi connectivity index (χ1) is 16.0. The van der Waals surface area contributed by atoms with Crippen molar-refractivity contribution in [2.75, 3.05) is 18.5 Å². The number of furan rings is 1. The second-order valence-electron chi connectivity index (χ2n) is 7.36. The van der Waals surface area contributed by atoms with Crippen molar-refractivity contribution in [3.63, 3.8) is 0 Å². The zero-order valence-electron chi connectivity index (χ0n) is 18.2. The molecule has 0 aliphatic carbocycles. The predicted octanol–water partition coefficient (Wildman–Crippen LogP) is 6.04. The number of para-hydroxylation sites is 1. The van der Waals surface area contributed by atoms with Crippen molar-refractivity contribution in [1.29, 1.82) is 0 Å². The van der Waals surface area contributed by atoms with Gasteiger partial charge in [0.2, 0.25) is 5.78 Å². The lowest BCUT2D eigenvalue weighted by Gasteiger charge is -2.09. The lowest BCUT2D eigenvalue weighted by Crippen LogP contribution is -2.21. The number of carbonyl (C=O) groups excluding carboxylic acids is 2. The molecule has 0 bridgehead atoms. The van der Waals surface area contributed by atoms with Gasteiger partial charge in [0.15, 0.2) is 12.4 Å². The van der Waals surface area contributed by atoms with E-state index in [1.165, 1.54) is 6.07 Å². The van der Waals surface area contributed by atoms with Gasteiger partial charge in [0.05, 0.1) is 17.3 Å². The first-order valence-electron chi connectivity index (χ1n) is 10.4. The highest BCUT2D eigenvalue weighted by Crippen LogP contribution is 2.34. The maximum absolute atomic E-state index is 13.3. The van der Waals surface area contributed by atoms with E-state index in [1.807, 2.05) is 26.0 Å². The van der Waals surface area contributed by atoms with Gasteiger partial charge in [0, 0.05) is 10.9 Å². The highest BCUT2D eigenvalue weighted by Gasteiger charge is 2.24. The standard InChI is InChI=1S/C26H22ClNO5/c1-3-31-22-13-10-17(14-20(22)27)25(30)26-24(19-6-4-5-7-21(19)33-26)28-23(29)15-32-18-11-8-16(2)9-12-18/h4-14H,3,15H2,1-2H3,(H,28,29). The van der Waals surface area contributed by atoms with Gasteiger partial charge in [-0.1, -0.05) is 41.4 Å². The van der Waals surface area contributed by atoms with Crippen molar-refractivity contribution in [2.24, 2.45) is 0 Å². The molecule has 0 spiro atoms. The Morgan fingerprint density at radius 3 is 2.48 bits per heavy atom. The Morgan fingerprint density at radius 2 is 1.76 bits per heavy atom. The maximum Gasteiger partial charge on any atom is 0.262 e. The largest absolute Gasteiger partial charge is 0.492 e. The van der Waals surface area contributed by atoms with E-state index in [0.717, 1.165) is 5.56 Å². The van der Waals surface area contributed by atoms with E-state index >= 15 is 0 Å². The van der Waals surface area contributed by atoms with Crippen LogP contribution in [0.15, 0.2) is 71.1 Å². The van der Waals surface area contributed by atoms with Crippen LogP contribution in [0.4, 0.5) is 5.69 Å². The fraction of sp³-hybridized carbons (Fsp3) is 0.154. The number of benzene rings is 3. The second-order valence-corrected chi connectivity index (χ2v) is 7.77. The molecule has 33 heavy (non-hydrogen) atoms. The first-order valence-corrected chi connectivity index (χ1v) is 10.8. The van der Waals surface area contributed by atoms with Gasteiger partial charge in [-0.05, 0) is 56.3 Å². The summed E-state index contributed by atoms with van der Waals surface area (Å²) in [5, 5.41) is 3.70. The smallest absolute Gasteiger partial charge is 0.262 e. The lowest BCUT2D eigenvalue weighted by molar-refractivity contribution is -0.118. The highest BCUT2D eigenvalue weighted by atomic mass is 35.5. The van der Waals surface area contributed by atoms with Crippen LogP contribution in [-0.2, 0) is 4.79 Å². The van der Waals surface area contributed by atoms with Crippen LogP contribution in [0.1, 0.15) is 28.6 Å². The number of ketones is 1. The van der Waals surface area contributed by atoms with Crippen LogP contribution in [0.5, 0.6) is 11.5 Å². The molecule has 0 atom stereocenters. The monoisotopic (exact) mass is 463 g/mol. The number of fused-ring (bicyclic) bond motifs is 1. The molecule has 0 aliphatic rings. The number of aryl methyl sites for hydroxylation is 1. The van der Waals surface area contributed by atoms with Crippen molar-refractivity contribution in [3.05, 3.63) is 88.6 Å². The maximum atomic E-state index is 13.3. The van der Waals surface area contributed by atoms with Gasteiger partial charge in [0.25, 0.3) is 5.91 Å². The summed E-state index contributed by atoms with van der Waals surface area (Å²) in [6.45, 7) is 4.06. The molecule has 0 aliphatic heterocycles. The summed E-state index contributed by atoms with van der Waals surface area (Å²) < 4.78 is 16.8. The zero-order chi connectivity index (χ0) is 23.4. The summed E-state index contributed by atoms with van der Waals surface area (Å²) >= 11 is 6.26. The van der Waals surface area contributed by atoms with Gasteiger partial charge in [-0.25, -0.2) is 0 Å². The number of rotatable bonds is 8. The van der Waals surface area contributed by atoms with E-state index in [-0.39, 0.29) is 18.1 Å². The van der Waals surface area contributed by atoms with Crippen LogP contribution >= 0.6 is 11.6 Å². The van der Waals surface area contributed by atoms with Crippen LogP contribution in [0, 0.1) is 6.92 Å². The summed E-state index contributed by atoms with van der Waals surface area (Å²) in [7, 11) is 0. The third kappa shape index (κ3) is 5.02. The molecule has 1 heterocycles. The molecule has 1 amide bonds. The minimum absolute atomic E-state index is 0.0140. The van der Waals surface area contributed by atoms with Crippen LogP contribution < -0.4 is 14.8 Å². The molecule has 6 nitrogen and oxygen atoms in total. The topological polar surface area (TPSA) is 77.8 Å². The number of anilines is 1. The van der Waals surface area contributed by atoms with Crippen LogP contribution in [0.3, 0.4) is 0 Å². The molecule has 0 saturated carbocycles. The van der Waals surface area contributed by atoms with Gasteiger partial charge in [0.1, 0.15) is 17.1 Å². The molecule has 0 fully saturated rings. The van der Waals surface area contributed by atoms with Gasteiger partial charge in [-0.2, -0.15) is 0 Å². The summed E-state index contributed by atoms with van der Waals surface area (Å²) in [5.74, 6) is 0.252. The zero-order valence-corrected chi connectivity index (χ0v) is 18.9. The van der Waals surface area contributed by atoms with Crippen molar-refractivity contribution >= 4 is 39.9 Å². The number of ether oxygens (including phenoxy) is 2. The molecule has 0 unspecified atom stereocenters. The minimum Gasteiger partial charge on any atom is -0.492 e. The van der Waals surface area contributed by atoms with Crippen molar-refractivity contribution in [3.8, 4) is 11.5 Å². The Balaban J connectivity index is 1.60. The molecule has 3 aromatic carbocycles. The van der Waals surface area contributed by atoms with Crippen LogP contribution in [0.2, 0.25) is 5.02 Å². The first kappa shape index (κ1) is 22.4. The van der Waals surface area contributed by atoms with Crippen molar-refractivity contribution in [2.45, 2.75) is 13.8 Å². The van der Waals surface area contributed by atoms with Gasteiger partial charge >= 0.3 is 0 Å². The Labute approximate surface area is 196 Å². The van der Waals surface area contributed by atoms with Crippen LogP contribution in [-0.4, -0.2) is 24.9 Å². The molecule has 4 rings (SSSR count). The van der Waals surface area contributed by atoms with Crippen molar-refractivity contribution in [1.82, 2.24) is 0 Å². The summed E-state index contributed by atoms with van der Waals surface area (Å²) in [6.07, 6.45) is 0.